The lowest BCUT2D eigenvalue weighted by molar-refractivity contribution is 0.0527. The maximum absolute atomic E-state index is 12.1. The molecule has 2 aromatic carbocycles. The van der Waals surface area contributed by atoms with Gasteiger partial charge in [0.2, 0.25) is 0 Å². The van der Waals surface area contributed by atoms with Gasteiger partial charge in [0.15, 0.2) is 0 Å². The number of carbonyl (C=O) groups is 1. The summed E-state index contributed by atoms with van der Waals surface area (Å²) in [6.45, 7) is 2.11. The van der Waals surface area contributed by atoms with Crippen molar-refractivity contribution in [3.05, 3.63) is 65.3 Å². The van der Waals surface area contributed by atoms with Crippen molar-refractivity contribution in [3.8, 4) is 11.1 Å². The Labute approximate surface area is 133 Å². The third-order valence-corrected chi connectivity index (χ3v) is 3.68. The Hall–Kier alpha value is -2.39. The van der Waals surface area contributed by atoms with Crippen molar-refractivity contribution in [2.24, 2.45) is 0 Å². The van der Waals surface area contributed by atoms with Crippen molar-refractivity contribution in [2.45, 2.75) is 6.92 Å². The summed E-state index contributed by atoms with van der Waals surface area (Å²) in [6.07, 6.45) is 0. The number of hydrogen-bond acceptors (Lipinski definition) is 3. The summed E-state index contributed by atoms with van der Waals surface area (Å²) in [5.74, 6) is -0.359. The van der Waals surface area contributed by atoms with E-state index in [0.717, 1.165) is 22.0 Å². The second-order valence-corrected chi connectivity index (χ2v) is 5.14. The number of rotatable bonds is 3. The molecule has 0 unspecified atom stereocenters. The van der Waals surface area contributed by atoms with E-state index in [4.69, 9.17) is 16.3 Å². The number of carbonyl (C=O) groups excluding carboxylic acids is 1. The van der Waals surface area contributed by atoms with Crippen LogP contribution in [0.3, 0.4) is 0 Å². The van der Waals surface area contributed by atoms with Crippen molar-refractivity contribution in [2.75, 3.05) is 6.61 Å². The van der Waals surface area contributed by atoms with Gasteiger partial charge in [-0.2, -0.15) is 0 Å². The molecule has 0 radical (unpaired) electrons. The molecule has 0 aliphatic rings. The number of ether oxygens (including phenoxy) is 1. The van der Waals surface area contributed by atoms with Crippen LogP contribution in [0.5, 0.6) is 0 Å². The molecule has 1 heterocycles. The fraction of sp³-hybridized carbons (Fsp3) is 0.111. The molecule has 1 aromatic heterocycles. The first-order valence-electron chi connectivity index (χ1n) is 7.02. The van der Waals surface area contributed by atoms with Crippen LogP contribution in [0.2, 0.25) is 5.15 Å². The van der Waals surface area contributed by atoms with Crippen LogP contribution >= 0.6 is 11.6 Å². The third kappa shape index (κ3) is 2.68. The number of pyridine rings is 1. The van der Waals surface area contributed by atoms with E-state index in [1.165, 1.54) is 0 Å². The van der Waals surface area contributed by atoms with Gasteiger partial charge in [-0.1, -0.05) is 48.0 Å². The highest BCUT2D eigenvalue weighted by Crippen LogP contribution is 2.32. The zero-order chi connectivity index (χ0) is 15.5. The maximum atomic E-state index is 12.1. The van der Waals surface area contributed by atoms with Crippen molar-refractivity contribution in [3.63, 3.8) is 0 Å². The molecule has 0 fully saturated rings. The van der Waals surface area contributed by atoms with Crippen molar-refractivity contribution in [1.29, 1.82) is 0 Å². The molecule has 0 atom stereocenters. The smallest absolute Gasteiger partial charge is 0.338 e. The monoisotopic (exact) mass is 311 g/mol. The number of esters is 1. The van der Waals surface area contributed by atoms with Gasteiger partial charge in [-0.25, -0.2) is 9.78 Å². The molecule has 3 aromatic rings. The molecule has 0 bridgehead atoms. The van der Waals surface area contributed by atoms with Crippen molar-refractivity contribution in [1.82, 2.24) is 4.98 Å². The average Bonchev–Trinajstić information content (AvgIpc) is 2.54. The topological polar surface area (TPSA) is 39.2 Å². The van der Waals surface area contributed by atoms with Crippen molar-refractivity contribution >= 4 is 28.5 Å². The van der Waals surface area contributed by atoms with Gasteiger partial charge >= 0.3 is 5.97 Å². The Morgan fingerprint density at radius 3 is 2.64 bits per heavy atom. The highest BCUT2D eigenvalue weighted by molar-refractivity contribution is 6.33. The van der Waals surface area contributed by atoms with Gasteiger partial charge in [0, 0.05) is 10.9 Å². The van der Waals surface area contributed by atoms with E-state index in [9.17, 15) is 4.79 Å². The largest absolute Gasteiger partial charge is 0.462 e. The summed E-state index contributed by atoms with van der Waals surface area (Å²) in [4.78, 5) is 16.5. The van der Waals surface area contributed by atoms with Gasteiger partial charge in [0.05, 0.1) is 17.7 Å². The predicted molar refractivity (Wildman–Crippen MR) is 88.1 cm³/mol. The zero-order valence-electron chi connectivity index (χ0n) is 12.0. The first-order valence-corrected chi connectivity index (χ1v) is 7.40. The lowest BCUT2D eigenvalue weighted by atomic mass is 10.00. The van der Waals surface area contributed by atoms with Crippen molar-refractivity contribution < 1.29 is 9.53 Å². The number of hydrogen-bond donors (Lipinski definition) is 0. The molecule has 0 saturated carbocycles. The summed E-state index contributed by atoms with van der Waals surface area (Å²) < 4.78 is 5.12. The van der Waals surface area contributed by atoms with Gasteiger partial charge < -0.3 is 4.74 Å². The molecule has 0 saturated heterocycles. The van der Waals surface area contributed by atoms with E-state index in [0.29, 0.717) is 17.3 Å². The van der Waals surface area contributed by atoms with Crippen LogP contribution in [0.4, 0.5) is 0 Å². The lowest BCUT2D eigenvalue weighted by Gasteiger charge is -2.11. The Balaban J connectivity index is 2.19. The average molecular weight is 312 g/mol. The summed E-state index contributed by atoms with van der Waals surface area (Å²) in [6, 6.07) is 16.9. The number of fused-ring (bicyclic) bond motifs is 1. The Morgan fingerprint density at radius 2 is 1.82 bits per heavy atom. The second-order valence-electron chi connectivity index (χ2n) is 4.79. The molecule has 110 valence electrons. The number of para-hydroxylation sites is 1. The number of nitrogens with zero attached hydrogens (tertiary/aromatic N) is 1. The van der Waals surface area contributed by atoms with E-state index in [2.05, 4.69) is 4.98 Å². The maximum Gasteiger partial charge on any atom is 0.338 e. The van der Waals surface area contributed by atoms with Gasteiger partial charge in [-0.15, -0.1) is 0 Å². The van der Waals surface area contributed by atoms with E-state index >= 15 is 0 Å². The van der Waals surface area contributed by atoms with Gasteiger partial charge in [-0.05, 0) is 30.7 Å². The Kier molecular flexibility index (Phi) is 4.07. The summed E-state index contributed by atoms with van der Waals surface area (Å²) in [5, 5.41) is 1.34. The minimum absolute atomic E-state index is 0.330. The third-order valence-electron chi connectivity index (χ3n) is 3.39. The van der Waals surface area contributed by atoms with Crippen LogP contribution in [0.1, 0.15) is 17.3 Å². The number of aromatic nitrogens is 1. The molecule has 0 N–H and O–H groups in total. The highest BCUT2D eigenvalue weighted by Gasteiger charge is 2.16. The quantitative estimate of drug-likeness (QED) is 0.518. The van der Waals surface area contributed by atoms with E-state index < -0.39 is 0 Å². The Morgan fingerprint density at radius 1 is 1.09 bits per heavy atom. The summed E-state index contributed by atoms with van der Waals surface area (Å²) >= 11 is 6.33. The summed E-state index contributed by atoms with van der Waals surface area (Å²) in [5.41, 5.74) is 2.77. The minimum Gasteiger partial charge on any atom is -0.462 e. The van der Waals surface area contributed by atoms with Crippen LogP contribution in [0.25, 0.3) is 22.0 Å². The molecule has 3 rings (SSSR count). The van der Waals surface area contributed by atoms with E-state index in [1.807, 2.05) is 42.5 Å². The highest BCUT2D eigenvalue weighted by atomic mass is 35.5. The van der Waals surface area contributed by atoms with Crippen LogP contribution in [0.15, 0.2) is 54.6 Å². The number of benzene rings is 2. The molecule has 0 amide bonds. The minimum atomic E-state index is -0.359. The molecule has 0 aliphatic heterocycles. The van der Waals surface area contributed by atoms with Crippen LogP contribution in [-0.2, 0) is 4.74 Å². The Bertz CT molecular complexity index is 845. The molecular formula is C18H14ClNO2. The normalized spacial score (nSPS) is 10.6. The van der Waals surface area contributed by atoms with Gasteiger partial charge in [0.1, 0.15) is 5.15 Å². The molecule has 3 nitrogen and oxygen atoms in total. The van der Waals surface area contributed by atoms with E-state index in [1.54, 1.807) is 19.1 Å². The fourth-order valence-electron chi connectivity index (χ4n) is 2.39. The standard InChI is InChI=1S/C18H14ClNO2/c1-2-22-18(21)14-9-5-4-8-13(14)15-11-12-7-3-6-10-16(12)20-17(15)19/h3-11H,2H2,1H3. The van der Waals surface area contributed by atoms with Crippen LogP contribution < -0.4 is 0 Å². The molecule has 0 spiro atoms. The van der Waals surface area contributed by atoms with Crippen LogP contribution in [-0.4, -0.2) is 17.6 Å². The van der Waals surface area contributed by atoms with E-state index in [-0.39, 0.29) is 5.97 Å². The number of halogens is 1. The first-order chi connectivity index (χ1) is 10.7. The fourth-order valence-corrected chi connectivity index (χ4v) is 2.63. The second kappa shape index (κ2) is 6.16. The first kappa shape index (κ1) is 14.5. The predicted octanol–water partition coefficient (Wildman–Crippen LogP) is 4.73. The van der Waals surface area contributed by atoms with Crippen LogP contribution in [0, 0.1) is 0 Å². The molecule has 0 aliphatic carbocycles. The van der Waals surface area contributed by atoms with Gasteiger partial charge in [0.25, 0.3) is 0 Å². The molecule has 4 heteroatoms. The van der Waals surface area contributed by atoms with Gasteiger partial charge in [-0.3, -0.25) is 0 Å². The lowest BCUT2D eigenvalue weighted by Crippen LogP contribution is -2.06. The molecule has 22 heavy (non-hydrogen) atoms. The summed E-state index contributed by atoms with van der Waals surface area (Å²) in [7, 11) is 0. The SMILES string of the molecule is CCOC(=O)c1ccccc1-c1cc2ccccc2nc1Cl. The molecular weight excluding hydrogens is 298 g/mol. The zero-order valence-corrected chi connectivity index (χ0v) is 12.8.